The lowest BCUT2D eigenvalue weighted by atomic mass is 10.2. The molecule has 0 bridgehead atoms. The van der Waals surface area contributed by atoms with Crippen LogP contribution in [0.3, 0.4) is 0 Å². The van der Waals surface area contributed by atoms with Crippen LogP contribution in [0.5, 0.6) is 0 Å². The molecule has 0 fully saturated rings. The molecule has 1 aromatic heterocycles. The highest BCUT2D eigenvalue weighted by atomic mass is 35.5. The number of nitrogens with one attached hydrogen (secondary N) is 1. The highest BCUT2D eigenvalue weighted by Gasteiger charge is 2.16. The lowest BCUT2D eigenvalue weighted by Gasteiger charge is -2.13. The van der Waals surface area contributed by atoms with Crippen LogP contribution in [0, 0.1) is 0 Å². The second kappa shape index (κ2) is 10.0. The first-order chi connectivity index (χ1) is 14.4. The summed E-state index contributed by atoms with van der Waals surface area (Å²) in [7, 11) is 3.98. The zero-order chi connectivity index (χ0) is 21.7. The van der Waals surface area contributed by atoms with Gasteiger partial charge >= 0.3 is 0 Å². The van der Waals surface area contributed by atoms with Crippen molar-refractivity contribution in [3.05, 3.63) is 65.2 Å². The average Bonchev–Trinajstić information content (AvgIpc) is 3.13. The molecule has 0 saturated carbocycles. The SMILES string of the molecule is C=CCn1c(SCC(=O)Nc2cccc(Cl)c2Cl)nnc1-c1ccc(N(C)C)cc1. The second-order valence-electron chi connectivity index (χ2n) is 6.58. The molecule has 0 aliphatic carbocycles. The van der Waals surface area contributed by atoms with Crippen molar-refractivity contribution in [1.82, 2.24) is 14.8 Å². The average molecular weight is 462 g/mol. The molecule has 0 aliphatic heterocycles. The zero-order valence-corrected chi connectivity index (χ0v) is 18.9. The first-order valence-electron chi connectivity index (χ1n) is 9.09. The fraction of sp³-hybridized carbons (Fsp3) is 0.190. The Kier molecular flexibility index (Phi) is 7.42. The summed E-state index contributed by atoms with van der Waals surface area (Å²) in [5.41, 5.74) is 2.51. The topological polar surface area (TPSA) is 63.1 Å². The molecule has 156 valence electrons. The highest BCUT2D eigenvalue weighted by molar-refractivity contribution is 7.99. The Labute approximate surface area is 189 Å². The molecule has 30 heavy (non-hydrogen) atoms. The summed E-state index contributed by atoms with van der Waals surface area (Å²) in [6.45, 7) is 4.35. The normalized spacial score (nSPS) is 10.7. The molecular weight excluding hydrogens is 441 g/mol. The van der Waals surface area contributed by atoms with Gasteiger partial charge in [0.1, 0.15) is 0 Å². The molecule has 0 spiro atoms. The Bertz CT molecular complexity index is 1050. The predicted octanol–water partition coefficient (Wildman–Crippen LogP) is 5.23. The fourth-order valence-corrected chi connectivity index (χ4v) is 3.82. The van der Waals surface area contributed by atoms with Crippen molar-refractivity contribution < 1.29 is 4.79 Å². The van der Waals surface area contributed by atoms with Gasteiger partial charge in [0.25, 0.3) is 0 Å². The third kappa shape index (κ3) is 5.16. The molecular formula is C21H21Cl2N5OS. The number of hydrogen-bond acceptors (Lipinski definition) is 5. The van der Waals surface area contributed by atoms with E-state index in [1.807, 2.05) is 47.8 Å². The highest BCUT2D eigenvalue weighted by Crippen LogP contribution is 2.30. The molecule has 6 nitrogen and oxygen atoms in total. The van der Waals surface area contributed by atoms with Crippen LogP contribution in [0.2, 0.25) is 10.0 Å². The van der Waals surface area contributed by atoms with Crippen molar-refractivity contribution in [3.8, 4) is 11.4 Å². The van der Waals surface area contributed by atoms with E-state index in [1.165, 1.54) is 11.8 Å². The molecule has 1 N–H and O–H groups in total. The molecule has 3 aromatic rings. The van der Waals surface area contributed by atoms with Crippen LogP contribution in [0.4, 0.5) is 11.4 Å². The number of anilines is 2. The predicted molar refractivity (Wildman–Crippen MR) is 126 cm³/mol. The van der Waals surface area contributed by atoms with Crippen LogP contribution in [0.25, 0.3) is 11.4 Å². The fourth-order valence-electron chi connectivity index (χ4n) is 2.73. The lowest BCUT2D eigenvalue weighted by Crippen LogP contribution is -2.15. The van der Waals surface area contributed by atoms with E-state index in [1.54, 1.807) is 24.3 Å². The van der Waals surface area contributed by atoms with Crippen molar-refractivity contribution in [2.45, 2.75) is 11.7 Å². The standard InChI is InChI=1S/C21H21Cl2N5OS/c1-4-12-28-20(14-8-10-15(11-9-14)27(2)3)25-26-21(28)30-13-18(29)24-17-7-5-6-16(22)19(17)23/h4-11H,1,12-13H2,2-3H3,(H,24,29). The molecule has 3 rings (SSSR count). The summed E-state index contributed by atoms with van der Waals surface area (Å²) < 4.78 is 1.93. The van der Waals surface area contributed by atoms with Gasteiger partial charge in [-0.15, -0.1) is 16.8 Å². The van der Waals surface area contributed by atoms with E-state index < -0.39 is 0 Å². The Morgan fingerprint density at radius 3 is 2.60 bits per heavy atom. The number of allylic oxidation sites excluding steroid dienone is 1. The smallest absolute Gasteiger partial charge is 0.234 e. The lowest BCUT2D eigenvalue weighted by molar-refractivity contribution is -0.113. The maximum Gasteiger partial charge on any atom is 0.234 e. The number of carbonyl (C=O) groups excluding carboxylic acids is 1. The molecule has 1 amide bonds. The van der Waals surface area contributed by atoms with Crippen molar-refractivity contribution in [3.63, 3.8) is 0 Å². The van der Waals surface area contributed by atoms with E-state index in [0.29, 0.717) is 27.4 Å². The maximum atomic E-state index is 12.4. The molecule has 0 radical (unpaired) electrons. The third-order valence-electron chi connectivity index (χ3n) is 4.23. The van der Waals surface area contributed by atoms with Gasteiger partial charge in [0.2, 0.25) is 5.91 Å². The van der Waals surface area contributed by atoms with Crippen LogP contribution in [-0.4, -0.2) is 40.5 Å². The van der Waals surface area contributed by atoms with Gasteiger partial charge in [-0.2, -0.15) is 0 Å². The minimum atomic E-state index is -0.214. The maximum absolute atomic E-state index is 12.4. The number of benzene rings is 2. The Balaban J connectivity index is 1.74. The van der Waals surface area contributed by atoms with Crippen LogP contribution in [0.1, 0.15) is 0 Å². The number of carbonyl (C=O) groups is 1. The van der Waals surface area contributed by atoms with Crippen LogP contribution >= 0.6 is 35.0 Å². The number of thioether (sulfide) groups is 1. The van der Waals surface area contributed by atoms with Gasteiger partial charge in [-0.3, -0.25) is 9.36 Å². The molecule has 0 atom stereocenters. The minimum Gasteiger partial charge on any atom is -0.378 e. The summed E-state index contributed by atoms with van der Waals surface area (Å²) in [5.74, 6) is 0.660. The van der Waals surface area contributed by atoms with Gasteiger partial charge in [-0.25, -0.2) is 0 Å². The van der Waals surface area contributed by atoms with Crippen LogP contribution in [-0.2, 0) is 11.3 Å². The van der Waals surface area contributed by atoms with E-state index in [2.05, 4.69) is 22.1 Å². The van der Waals surface area contributed by atoms with E-state index in [0.717, 1.165) is 17.1 Å². The number of amides is 1. The number of nitrogens with zero attached hydrogens (tertiary/aromatic N) is 4. The third-order valence-corrected chi connectivity index (χ3v) is 6.01. The molecule has 2 aromatic carbocycles. The monoisotopic (exact) mass is 461 g/mol. The molecule has 0 saturated heterocycles. The molecule has 9 heteroatoms. The van der Waals surface area contributed by atoms with E-state index >= 15 is 0 Å². The summed E-state index contributed by atoms with van der Waals surface area (Å²) in [4.78, 5) is 14.4. The molecule has 0 unspecified atom stereocenters. The zero-order valence-electron chi connectivity index (χ0n) is 16.6. The van der Waals surface area contributed by atoms with Crippen molar-refractivity contribution in [2.75, 3.05) is 30.1 Å². The van der Waals surface area contributed by atoms with E-state index in [4.69, 9.17) is 23.2 Å². The Morgan fingerprint density at radius 2 is 1.93 bits per heavy atom. The van der Waals surface area contributed by atoms with E-state index in [9.17, 15) is 4.79 Å². The first-order valence-corrected chi connectivity index (χ1v) is 10.8. The summed E-state index contributed by atoms with van der Waals surface area (Å²) in [5, 5.41) is 12.7. The summed E-state index contributed by atoms with van der Waals surface area (Å²) in [6, 6.07) is 13.1. The van der Waals surface area contributed by atoms with Crippen LogP contribution in [0.15, 0.2) is 60.3 Å². The van der Waals surface area contributed by atoms with Gasteiger partial charge in [-0.1, -0.05) is 47.1 Å². The van der Waals surface area contributed by atoms with Gasteiger partial charge in [0.05, 0.1) is 21.5 Å². The second-order valence-corrected chi connectivity index (χ2v) is 8.31. The van der Waals surface area contributed by atoms with Gasteiger partial charge in [-0.05, 0) is 36.4 Å². The number of aromatic nitrogens is 3. The van der Waals surface area contributed by atoms with Crippen molar-refractivity contribution >= 4 is 52.2 Å². The Morgan fingerprint density at radius 1 is 1.20 bits per heavy atom. The van der Waals surface area contributed by atoms with Crippen LogP contribution < -0.4 is 10.2 Å². The first kappa shape index (κ1) is 22.2. The van der Waals surface area contributed by atoms with Crippen molar-refractivity contribution in [1.29, 1.82) is 0 Å². The number of halogens is 2. The van der Waals surface area contributed by atoms with E-state index in [-0.39, 0.29) is 11.7 Å². The van der Waals surface area contributed by atoms with Gasteiger partial charge in [0.15, 0.2) is 11.0 Å². The Hall–Kier alpha value is -2.48. The number of hydrogen-bond donors (Lipinski definition) is 1. The minimum absolute atomic E-state index is 0.150. The quantitative estimate of drug-likeness (QED) is 0.367. The summed E-state index contributed by atoms with van der Waals surface area (Å²) in [6.07, 6.45) is 1.77. The largest absolute Gasteiger partial charge is 0.378 e. The summed E-state index contributed by atoms with van der Waals surface area (Å²) >= 11 is 13.4. The molecule has 1 heterocycles. The number of rotatable bonds is 8. The molecule has 0 aliphatic rings. The van der Waals surface area contributed by atoms with Gasteiger partial charge in [0, 0.05) is 31.9 Å². The van der Waals surface area contributed by atoms with Crippen molar-refractivity contribution in [2.24, 2.45) is 0 Å². The van der Waals surface area contributed by atoms with Gasteiger partial charge < -0.3 is 10.2 Å².